The molecule has 26 heavy (non-hydrogen) atoms. The van der Waals surface area contributed by atoms with Crippen LogP contribution in [-0.2, 0) is 10.0 Å². The minimum absolute atomic E-state index is 0.125. The summed E-state index contributed by atoms with van der Waals surface area (Å²) in [5.74, 6) is 0. The Hall–Kier alpha value is -2.88. The molecule has 0 radical (unpaired) electrons. The van der Waals surface area contributed by atoms with Crippen molar-refractivity contribution in [3.05, 3.63) is 77.1 Å². The van der Waals surface area contributed by atoms with Gasteiger partial charge in [0.15, 0.2) is 0 Å². The van der Waals surface area contributed by atoms with E-state index >= 15 is 0 Å². The van der Waals surface area contributed by atoms with Gasteiger partial charge in [-0.05, 0) is 54.4 Å². The van der Waals surface area contributed by atoms with Gasteiger partial charge in [0, 0.05) is 23.0 Å². The number of benzene rings is 2. The van der Waals surface area contributed by atoms with Gasteiger partial charge in [0.25, 0.3) is 10.0 Å². The molecule has 0 spiro atoms. The van der Waals surface area contributed by atoms with Crippen LogP contribution in [0.2, 0.25) is 5.02 Å². The van der Waals surface area contributed by atoms with Gasteiger partial charge in [-0.3, -0.25) is 9.71 Å². The van der Waals surface area contributed by atoms with E-state index in [-0.39, 0.29) is 4.90 Å². The molecule has 1 heterocycles. The first-order valence-electron chi connectivity index (χ1n) is 7.63. The highest BCUT2D eigenvalue weighted by atomic mass is 35.5. The lowest BCUT2D eigenvalue weighted by molar-refractivity contribution is 0.601. The van der Waals surface area contributed by atoms with Gasteiger partial charge in [0.1, 0.15) is 6.07 Å². The van der Waals surface area contributed by atoms with Gasteiger partial charge in [0.05, 0.1) is 16.1 Å². The lowest BCUT2D eigenvalue weighted by Gasteiger charge is -2.12. The van der Waals surface area contributed by atoms with E-state index in [2.05, 4.69) is 9.71 Å². The standard InChI is InChI=1S/C19H14ClN3O2S/c1-13-2-3-15(16-8-14(10-21)11-22-12-16)9-19(13)23-26(24,25)18-6-4-17(20)5-7-18/h2-9,11-12,23H,1H3. The molecule has 0 atom stereocenters. The van der Waals surface area contributed by atoms with Crippen molar-refractivity contribution in [1.82, 2.24) is 4.98 Å². The third-order valence-corrected chi connectivity index (χ3v) is 5.44. The highest BCUT2D eigenvalue weighted by Crippen LogP contribution is 2.27. The fraction of sp³-hybridized carbons (Fsp3) is 0.0526. The average molecular weight is 384 g/mol. The third kappa shape index (κ3) is 3.85. The summed E-state index contributed by atoms with van der Waals surface area (Å²) in [6.45, 7) is 1.81. The molecule has 0 amide bonds. The average Bonchev–Trinajstić information content (AvgIpc) is 2.64. The third-order valence-electron chi connectivity index (χ3n) is 3.81. The minimum Gasteiger partial charge on any atom is -0.279 e. The Labute approximate surface area is 157 Å². The summed E-state index contributed by atoms with van der Waals surface area (Å²) in [7, 11) is -3.74. The van der Waals surface area contributed by atoms with Crippen molar-refractivity contribution in [2.75, 3.05) is 4.72 Å². The molecule has 130 valence electrons. The van der Waals surface area contributed by atoms with E-state index in [4.69, 9.17) is 16.9 Å². The number of nitriles is 1. The normalized spacial score (nSPS) is 11.0. The van der Waals surface area contributed by atoms with Gasteiger partial charge in [-0.15, -0.1) is 0 Å². The largest absolute Gasteiger partial charge is 0.279 e. The molecule has 1 aromatic heterocycles. The molecule has 0 bridgehead atoms. The molecule has 0 saturated carbocycles. The Morgan fingerprint density at radius 3 is 2.46 bits per heavy atom. The van der Waals surface area contributed by atoms with Gasteiger partial charge in [0.2, 0.25) is 0 Å². The lowest BCUT2D eigenvalue weighted by Crippen LogP contribution is -2.13. The molecule has 0 saturated heterocycles. The zero-order valence-corrected chi connectivity index (χ0v) is 15.3. The van der Waals surface area contributed by atoms with Crippen LogP contribution >= 0.6 is 11.6 Å². The maximum absolute atomic E-state index is 12.6. The maximum atomic E-state index is 12.6. The van der Waals surface area contributed by atoms with E-state index in [1.165, 1.54) is 30.5 Å². The summed E-state index contributed by atoms with van der Waals surface area (Å²) >= 11 is 5.82. The first-order chi connectivity index (χ1) is 12.4. The molecule has 3 rings (SSSR count). The second-order valence-corrected chi connectivity index (χ2v) is 7.78. The van der Waals surface area contributed by atoms with Gasteiger partial charge in [-0.1, -0.05) is 23.7 Å². The number of nitrogens with one attached hydrogen (secondary N) is 1. The number of halogens is 1. The predicted molar refractivity (Wildman–Crippen MR) is 101 cm³/mol. The van der Waals surface area contributed by atoms with Crippen molar-refractivity contribution in [3.8, 4) is 17.2 Å². The molecule has 3 aromatic rings. The molecule has 0 fully saturated rings. The smallest absolute Gasteiger partial charge is 0.261 e. The highest BCUT2D eigenvalue weighted by Gasteiger charge is 2.16. The number of hydrogen-bond acceptors (Lipinski definition) is 4. The summed E-state index contributed by atoms with van der Waals surface area (Å²) in [6.07, 6.45) is 3.10. The number of nitrogens with zero attached hydrogens (tertiary/aromatic N) is 2. The SMILES string of the molecule is Cc1ccc(-c2cncc(C#N)c2)cc1NS(=O)(=O)c1ccc(Cl)cc1. The summed E-state index contributed by atoms with van der Waals surface area (Å²) in [4.78, 5) is 4.17. The monoisotopic (exact) mass is 383 g/mol. The summed E-state index contributed by atoms with van der Waals surface area (Å²) < 4.78 is 27.8. The highest BCUT2D eigenvalue weighted by molar-refractivity contribution is 7.92. The fourth-order valence-corrected chi connectivity index (χ4v) is 3.64. The lowest BCUT2D eigenvalue weighted by atomic mass is 10.0. The topological polar surface area (TPSA) is 82.8 Å². The van der Waals surface area contributed by atoms with Crippen LogP contribution in [0, 0.1) is 18.3 Å². The molecule has 2 aromatic carbocycles. The second kappa shape index (κ2) is 7.16. The van der Waals surface area contributed by atoms with Crippen molar-refractivity contribution in [2.24, 2.45) is 0 Å². The molecule has 0 unspecified atom stereocenters. The molecule has 0 aliphatic carbocycles. The van der Waals surface area contributed by atoms with Crippen LogP contribution < -0.4 is 4.72 Å². The summed E-state index contributed by atoms with van der Waals surface area (Å²) in [5, 5.41) is 9.48. The van der Waals surface area contributed by atoms with Crippen LogP contribution in [-0.4, -0.2) is 13.4 Å². The molecule has 1 N–H and O–H groups in total. The zero-order valence-electron chi connectivity index (χ0n) is 13.8. The van der Waals surface area contributed by atoms with Crippen LogP contribution in [0.5, 0.6) is 0 Å². The molecule has 5 nitrogen and oxygen atoms in total. The second-order valence-electron chi connectivity index (χ2n) is 5.66. The molecule has 0 aliphatic heterocycles. The maximum Gasteiger partial charge on any atom is 0.261 e. The number of rotatable bonds is 4. The van der Waals surface area contributed by atoms with Crippen LogP contribution in [0.1, 0.15) is 11.1 Å². The van der Waals surface area contributed by atoms with E-state index in [0.29, 0.717) is 16.3 Å². The van der Waals surface area contributed by atoms with E-state index in [0.717, 1.165) is 16.7 Å². The van der Waals surface area contributed by atoms with Gasteiger partial charge in [-0.25, -0.2) is 8.42 Å². The Bertz CT molecular complexity index is 1100. The number of pyridine rings is 1. The Morgan fingerprint density at radius 2 is 1.77 bits per heavy atom. The van der Waals surface area contributed by atoms with Crippen LogP contribution in [0.4, 0.5) is 5.69 Å². The summed E-state index contributed by atoms with van der Waals surface area (Å²) in [6, 6.07) is 15.1. The molecule has 0 aliphatic rings. The van der Waals surface area contributed by atoms with Gasteiger partial charge >= 0.3 is 0 Å². The van der Waals surface area contributed by atoms with Crippen molar-refractivity contribution in [1.29, 1.82) is 5.26 Å². The first kappa shape index (κ1) is 17.9. The molecular weight excluding hydrogens is 370 g/mol. The first-order valence-corrected chi connectivity index (χ1v) is 9.50. The Morgan fingerprint density at radius 1 is 1.04 bits per heavy atom. The number of aromatic nitrogens is 1. The van der Waals surface area contributed by atoms with E-state index in [1.807, 2.05) is 25.1 Å². The number of hydrogen-bond donors (Lipinski definition) is 1. The predicted octanol–water partition coefficient (Wildman–Crippen LogP) is 4.38. The van der Waals surface area contributed by atoms with Gasteiger partial charge < -0.3 is 0 Å². The van der Waals surface area contributed by atoms with E-state index < -0.39 is 10.0 Å². The molecule has 7 heteroatoms. The van der Waals surface area contributed by atoms with Crippen LogP contribution in [0.15, 0.2) is 65.8 Å². The zero-order chi connectivity index (χ0) is 18.7. The van der Waals surface area contributed by atoms with Gasteiger partial charge in [-0.2, -0.15) is 5.26 Å². The Balaban J connectivity index is 1.98. The Kier molecular flexibility index (Phi) is 4.94. The van der Waals surface area contributed by atoms with Crippen LogP contribution in [0.3, 0.4) is 0 Å². The number of anilines is 1. The van der Waals surface area contributed by atoms with Crippen molar-refractivity contribution in [2.45, 2.75) is 11.8 Å². The summed E-state index contributed by atoms with van der Waals surface area (Å²) in [5.41, 5.74) is 3.16. The number of sulfonamides is 1. The van der Waals surface area contributed by atoms with Crippen molar-refractivity contribution in [3.63, 3.8) is 0 Å². The van der Waals surface area contributed by atoms with E-state index in [1.54, 1.807) is 18.3 Å². The number of aryl methyl sites for hydroxylation is 1. The van der Waals surface area contributed by atoms with Crippen LogP contribution in [0.25, 0.3) is 11.1 Å². The van der Waals surface area contributed by atoms with E-state index in [9.17, 15) is 8.42 Å². The quantitative estimate of drug-likeness (QED) is 0.724. The fourth-order valence-electron chi connectivity index (χ4n) is 2.39. The minimum atomic E-state index is -3.74. The van der Waals surface area contributed by atoms with Crippen molar-refractivity contribution < 1.29 is 8.42 Å². The molecular formula is C19H14ClN3O2S. The van der Waals surface area contributed by atoms with Crippen molar-refractivity contribution >= 4 is 27.3 Å².